The van der Waals surface area contributed by atoms with Gasteiger partial charge in [-0.2, -0.15) is 0 Å². The van der Waals surface area contributed by atoms with Gasteiger partial charge >= 0.3 is 0 Å². The molecule has 0 spiro atoms. The lowest BCUT2D eigenvalue weighted by molar-refractivity contribution is -0.119. The molecule has 1 aromatic carbocycles. The molecule has 1 amide bonds. The molecule has 6 nitrogen and oxygen atoms in total. The number of carbonyl (C=O) groups excluding carboxylic acids is 2. The largest absolute Gasteiger partial charge is 0.398 e. The maximum absolute atomic E-state index is 11.3. The van der Waals surface area contributed by atoms with Crippen molar-refractivity contribution in [1.82, 2.24) is 5.32 Å². The van der Waals surface area contributed by atoms with Crippen LogP contribution in [0.5, 0.6) is 0 Å². The number of carbonyl (C=O) groups is 2. The van der Waals surface area contributed by atoms with Crippen molar-refractivity contribution >= 4 is 17.4 Å². The quantitative estimate of drug-likeness (QED) is 0.442. The fraction of sp³-hybridized carbons (Fsp3) is 0.385. The molecule has 0 fully saturated rings. The summed E-state index contributed by atoms with van der Waals surface area (Å²) in [6.45, 7) is 2.61. The first-order chi connectivity index (χ1) is 8.82. The van der Waals surface area contributed by atoms with E-state index in [9.17, 15) is 19.8 Å². The normalized spacial score (nSPS) is 13.7. The van der Waals surface area contributed by atoms with Crippen LogP contribution in [-0.4, -0.2) is 34.6 Å². The van der Waals surface area contributed by atoms with Crippen LogP contribution in [0, 0.1) is 0 Å². The predicted molar refractivity (Wildman–Crippen MR) is 70.5 cm³/mol. The topological polar surface area (TPSA) is 113 Å². The van der Waals surface area contributed by atoms with Crippen molar-refractivity contribution in [3.63, 3.8) is 0 Å². The molecule has 0 aromatic heterocycles. The van der Waals surface area contributed by atoms with Gasteiger partial charge in [-0.25, -0.2) is 0 Å². The average molecular weight is 266 g/mol. The minimum atomic E-state index is -1.20. The molecule has 1 rings (SSSR count). The van der Waals surface area contributed by atoms with E-state index < -0.39 is 12.2 Å². The highest BCUT2D eigenvalue weighted by atomic mass is 16.3. The van der Waals surface area contributed by atoms with Crippen molar-refractivity contribution in [2.24, 2.45) is 0 Å². The number of hydrogen-bond donors (Lipinski definition) is 4. The van der Waals surface area contributed by atoms with Crippen LogP contribution >= 0.6 is 0 Å². The molecule has 0 aliphatic carbocycles. The summed E-state index contributed by atoms with van der Waals surface area (Å²) in [4.78, 5) is 22.1. The van der Waals surface area contributed by atoms with Crippen LogP contribution in [0.3, 0.4) is 0 Å². The van der Waals surface area contributed by atoms with Gasteiger partial charge in [0.2, 0.25) is 5.91 Å². The van der Waals surface area contributed by atoms with E-state index >= 15 is 0 Å². The van der Waals surface area contributed by atoms with Gasteiger partial charge in [-0.05, 0) is 24.6 Å². The van der Waals surface area contributed by atoms with Crippen LogP contribution in [0.1, 0.15) is 35.9 Å². The Labute approximate surface area is 111 Å². The molecule has 0 aliphatic heterocycles. The molecule has 1 aromatic rings. The number of aliphatic hydroxyl groups excluding tert-OH is 2. The zero-order valence-electron chi connectivity index (χ0n) is 10.9. The number of nitrogen functional groups attached to an aromatic ring is 1. The Bertz CT molecular complexity index is 488. The van der Waals surface area contributed by atoms with Gasteiger partial charge in [0.15, 0.2) is 5.78 Å². The number of anilines is 1. The summed E-state index contributed by atoms with van der Waals surface area (Å²) in [5.74, 6) is -0.518. The van der Waals surface area contributed by atoms with E-state index in [1.807, 2.05) is 0 Å². The maximum atomic E-state index is 11.3. The smallest absolute Gasteiger partial charge is 0.216 e. The second-order valence-corrected chi connectivity index (χ2v) is 4.35. The number of aliphatic hydroxyl groups is 2. The van der Waals surface area contributed by atoms with E-state index in [1.54, 1.807) is 0 Å². The van der Waals surface area contributed by atoms with Crippen molar-refractivity contribution in [3.05, 3.63) is 29.3 Å². The highest BCUT2D eigenvalue weighted by Gasteiger charge is 2.20. The van der Waals surface area contributed by atoms with Crippen LogP contribution < -0.4 is 11.1 Å². The van der Waals surface area contributed by atoms with Crippen molar-refractivity contribution in [2.75, 3.05) is 12.3 Å². The molecule has 2 unspecified atom stereocenters. The number of amides is 1. The highest BCUT2D eigenvalue weighted by Crippen LogP contribution is 2.22. The van der Waals surface area contributed by atoms with Crippen LogP contribution in [0.15, 0.2) is 18.2 Å². The van der Waals surface area contributed by atoms with Crippen molar-refractivity contribution < 1.29 is 19.8 Å². The molecule has 0 bridgehead atoms. The summed E-state index contributed by atoms with van der Waals surface area (Å²) in [7, 11) is 0. The van der Waals surface area contributed by atoms with E-state index in [2.05, 4.69) is 5.32 Å². The summed E-state index contributed by atoms with van der Waals surface area (Å²) >= 11 is 0. The van der Waals surface area contributed by atoms with Gasteiger partial charge in [0.1, 0.15) is 12.2 Å². The summed E-state index contributed by atoms with van der Waals surface area (Å²) in [5.41, 5.74) is 6.63. The lowest BCUT2D eigenvalue weighted by atomic mass is 9.99. The molecule has 6 heteroatoms. The predicted octanol–water partition coefficient (Wildman–Crippen LogP) is 0.00180. The Morgan fingerprint density at radius 1 is 1.32 bits per heavy atom. The third kappa shape index (κ3) is 4.04. The minimum absolute atomic E-state index is 0.0731. The van der Waals surface area contributed by atoms with E-state index in [4.69, 9.17) is 5.73 Å². The van der Waals surface area contributed by atoms with Crippen LogP contribution in [0.25, 0.3) is 0 Å². The first kappa shape index (κ1) is 15.1. The van der Waals surface area contributed by atoms with E-state index in [0.717, 1.165) is 0 Å². The first-order valence-corrected chi connectivity index (χ1v) is 5.84. The van der Waals surface area contributed by atoms with Gasteiger partial charge in [-0.1, -0.05) is 6.07 Å². The van der Waals surface area contributed by atoms with E-state index in [0.29, 0.717) is 16.8 Å². The average Bonchev–Trinajstić information content (AvgIpc) is 2.35. The van der Waals surface area contributed by atoms with Crippen molar-refractivity contribution in [2.45, 2.75) is 26.1 Å². The number of ketones is 1. The number of hydrogen-bond acceptors (Lipinski definition) is 5. The Morgan fingerprint density at radius 2 is 1.95 bits per heavy atom. The van der Waals surface area contributed by atoms with E-state index in [-0.39, 0.29) is 18.2 Å². The molecule has 0 heterocycles. The molecule has 0 aliphatic rings. The highest BCUT2D eigenvalue weighted by molar-refractivity contribution is 5.99. The van der Waals surface area contributed by atoms with Gasteiger partial charge in [-0.15, -0.1) is 0 Å². The molecule has 5 N–H and O–H groups in total. The second kappa shape index (κ2) is 6.31. The summed E-state index contributed by atoms with van der Waals surface area (Å²) < 4.78 is 0. The monoisotopic (exact) mass is 266 g/mol. The lowest BCUT2D eigenvalue weighted by Gasteiger charge is -2.19. The fourth-order valence-electron chi connectivity index (χ4n) is 1.64. The fourth-order valence-corrected chi connectivity index (χ4v) is 1.64. The van der Waals surface area contributed by atoms with E-state index in [1.165, 1.54) is 32.0 Å². The SMILES string of the molecule is CC(=O)NCC(O)C(O)c1ccc(N)c(C(C)=O)c1. The molecule has 0 saturated carbocycles. The van der Waals surface area contributed by atoms with Gasteiger partial charge in [-0.3, -0.25) is 9.59 Å². The van der Waals surface area contributed by atoms with Gasteiger partial charge < -0.3 is 21.3 Å². The molecular formula is C13H18N2O4. The second-order valence-electron chi connectivity index (χ2n) is 4.35. The summed E-state index contributed by atoms with van der Waals surface area (Å²) in [5, 5.41) is 22.1. The van der Waals surface area contributed by atoms with Crippen molar-refractivity contribution in [3.8, 4) is 0 Å². The molecule has 2 atom stereocenters. The number of benzene rings is 1. The first-order valence-electron chi connectivity index (χ1n) is 5.84. The molecule has 0 radical (unpaired) electrons. The van der Waals surface area contributed by atoms with Gasteiger partial charge in [0, 0.05) is 24.7 Å². The zero-order valence-corrected chi connectivity index (χ0v) is 10.9. The summed E-state index contributed by atoms with van der Waals surface area (Å²) in [6, 6.07) is 4.48. The lowest BCUT2D eigenvalue weighted by Crippen LogP contribution is -2.34. The summed E-state index contributed by atoms with van der Waals surface area (Å²) in [6.07, 6.45) is -2.36. The Morgan fingerprint density at radius 3 is 2.47 bits per heavy atom. The molecule has 19 heavy (non-hydrogen) atoms. The van der Waals surface area contributed by atoms with Crippen LogP contribution in [-0.2, 0) is 4.79 Å². The Hall–Kier alpha value is -1.92. The minimum Gasteiger partial charge on any atom is -0.398 e. The number of rotatable bonds is 5. The van der Waals surface area contributed by atoms with Crippen molar-refractivity contribution in [1.29, 1.82) is 0 Å². The molecule has 104 valence electrons. The molecule has 0 saturated heterocycles. The Kier molecular flexibility index (Phi) is 5.02. The number of Topliss-reactive ketones (excluding diaryl/α,β-unsaturated/α-hetero) is 1. The Balaban J connectivity index is 2.87. The van der Waals surface area contributed by atoms with Crippen LogP contribution in [0.2, 0.25) is 0 Å². The number of nitrogens with two attached hydrogens (primary N) is 1. The van der Waals surface area contributed by atoms with Gasteiger partial charge in [0.05, 0.1) is 0 Å². The maximum Gasteiger partial charge on any atom is 0.216 e. The third-order valence-corrected chi connectivity index (χ3v) is 2.72. The molecular weight excluding hydrogens is 248 g/mol. The van der Waals surface area contributed by atoms with Gasteiger partial charge in [0.25, 0.3) is 0 Å². The third-order valence-electron chi connectivity index (χ3n) is 2.72. The zero-order chi connectivity index (χ0) is 14.6. The van der Waals surface area contributed by atoms with Crippen LogP contribution in [0.4, 0.5) is 5.69 Å². The number of nitrogens with one attached hydrogen (secondary N) is 1. The standard InChI is InChI=1S/C13H18N2O4/c1-7(16)10-5-9(3-4-11(10)14)13(19)12(18)6-15-8(2)17/h3-5,12-13,18-19H,6,14H2,1-2H3,(H,15,17).